The number of hydrogen-bond donors (Lipinski definition) is 2. The zero-order valence-corrected chi connectivity index (χ0v) is 9.68. The van der Waals surface area contributed by atoms with Crippen molar-refractivity contribution in [1.82, 2.24) is 4.98 Å². The van der Waals surface area contributed by atoms with Crippen molar-refractivity contribution in [2.75, 3.05) is 11.1 Å². The number of para-hydroxylation sites is 1. The fourth-order valence-corrected chi connectivity index (χ4v) is 1.92. The first-order valence-electron chi connectivity index (χ1n) is 4.42. The molecule has 82 valence electrons. The van der Waals surface area contributed by atoms with E-state index in [1.54, 1.807) is 23.7 Å². The quantitative estimate of drug-likeness (QED) is 0.809. The lowest BCUT2D eigenvalue weighted by molar-refractivity contribution is 0.103. The van der Waals surface area contributed by atoms with Crippen LogP contribution in [0.25, 0.3) is 0 Å². The van der Waals surface area contributed by atoms with Crippen LogP contribution in [-0.2, 0) is 0 Å². The fourth-order valence-electron chi connectivity index (χ4n) is 1.18. The number of aromatic nitrogens is 1. The Bertz CT molecular complexity index is 493. The number of nitrogens with one attached hydrogen (secondary N) is 1. The highest BCUT2D eigenvalue weighted by Crippen LogP contribution is 2.28. The lowest BCUT2D eigenvalue weighted by Crippen LogP contribution is -2.12. The highest BCUT2D eigenvalue weighted by molar-refractivity contribution is 7.11. The van der Waals surface area contributed by atoms with Gasteiger partial charge in [-0.3, -0.25) is 9.78 Å². The number of nitrogens with two attached hydrogens (primary N) is 1. The molecule has 0 fully saturated rings. The van der Waals surface area contributed by atoms with Gasteiger partial charge in [0, 0.05) is 0 Å². The third kappa shape index (κ3) is 2.15. The van der Waals surface area contributed by atoms with Gasteiger partial charge in [0.05, 0.1) is 28.1 Å². The Kier molecular flexibility index (Phi) is 3.07. The lowest BCUT2D eigenvalue weighted by Gasteiger charge is -2.08. The van der Waals surface area contributed by atoms with Gasteiger partial charge >= 0.3 is 0 Å². The van der Waals surface area contributed by atoms with Gasteiger partial charge in [0.15, 0.2) is 0 Å². The van der Waals surface area contributed by atoms with Crippen LogP contribution < -0.4 is 11.1 Å². The average molecular weight is 254 g/mol. The van der Waals surface area contributed by atoms with Gasteiger partial charge in [0.1, 0.15) is 4.88 Å². The third-order valence-electron chi connectivity index (χ3n) is 1.94. The van der Waals surface area contributed by atoms with Crippen LogP contribution in [0.5, 0.6) is 0 Å². The zero-order valence-electron chi connectivity index (χ0n) is 8.11. The van der Waals surface area contributed by atoms with Crippen molar-refractivity contribution in [2.45, 2.75) is 0 Å². The van der Waals surface area contributed by atoms with Crippen molar-refractivity contribution < 1.29 is 4.79 Å². The van der Waals surface area contributed by atoms with Gasteiger partial charge in [0.25, 0.3) is 5.91 Å². The minimum atomic E-state index is -0.262. The highest BCUT2D eigenvalue weighted by atomic mass is 35.5. The van der Waals surface area contributed by atoms with Crippen molar-refractivity contribution in [2.24, 2.45) is 0 Å². The number of thiazole rings is 1. The summed E-state index contributed by atoms with van der Waals surface area (Å²) in [6.45, 7) is 0. The summed E-state index contributed by atoms with van der Waals surface area (Å²) in [5.41, 5.74) is 8.17. The van der Waals surface area contributed by atoms with Crippen molar-refractivity contribution in [3.8, 4) is 0 Å². The number of carbonyl (C=O) groups is 1. The lowest BCUT2D eigenvalue weighted by atomic mass is 10.2. The molecule has 1 amide bonds. The monoisotopic (exact) mass is 253 g/mol. The van der Waals surface area contributed by atoms with Crippen LogP contribution in [0.1, 0.15) is 9.67 Å². The number of carbonyl (C=O) groups excluding carboxylic acids is 1. The molecular formula is C10H8ClN3OS. The maximum Gasteiger partial charge on any atom is 0.267 e. The molecule has 2 aromatic rings. The van der Waals surface area contributed by atoms with Gasteiger partial charge < -0.3 is 11.1 Å². The summed E-state index contributed by atoms with van der Waals surface area (Å²) in [6.07, 6.45) is 1.49. The Morgan fingerprint density at radius 3 is 2.94 bits per heavy atom. The summed E-state index contributed by atoms with van der Waals surface area (Å²) in [4.78, 5) is 16.1. The Morgan fingerprint density at radius 1 is 1.50 bits per heavy atom. The summed E-state index contributed by atoms with van der Waals surface area (Å²) < 4.78 is 0. The number of anilines is 2. The van der Waals surface area contributed by atoms with Crippen LogP contribution in [0.3, 0.4) is 0 Å². The molecule has 0 aliphatic heterocycles. The molecule has 1 aromatic carbocycles. The molecule has 3 N–H and O–H groups in total. The number of benzene rings is 1. The van der Waals surface area contributed by atoms with E-state index < -0.39 is 0 Å². The van der Waals surface area contributed by atoms with E-state index in [2.05, 4.69) is 10.3 Å². The van der Waals surface area contributed by atoms with E-state index in [1.165, 1.54) is 17.5 Å². The molecule has 0 spiro atoms. The summed E-state index contributed by atoms with van der Waals surface area (Å²) >= 11 is 7.18. The molecule has 0 unspecified atom stereocenters. The Morgan fingerprint density at radius 2 is 2.31 bits per heavy atom. The van der Waals surface area contributed by atoms with Crippen molar-refractivity contribution in [3.05, 3.63) is 39.8 Å². The number of halogens is 1. The van der Waals surface area contributed by atoms with E-state index in [-0.39, 0.29) is 5.91 Å². The van der Waals surface area contributed by atoms with Gasteiger partial charge in [-0.2, -0.15) is 0 Å². The van der Waals surface area contributed by atoms with Crippen LogP contribution in [-0.4, -0.2) is 10.9 Å². The van der Waals surface area contributed by atoms with Crippen LogP contribution in [0, 0.1) is 0 Å². The second-order valence-electron chi connectivity index (χ2n) is 3.02. The fraction of sp³-hybridized carbons (Fsp3) is 0. The summed E-state index contributed by atoms with van der Waals surface area (Å²) in [7, 11) is 0. The largest absolute Gasteiger partial charge is 0.397 e. The minimum Gasteiger partial charge on any atom is -0.397 e. The number of nitrogens with zero attached hydrogens (tertiary/aromatic N) is 1. The SMILES string of the molecule is Nc1cccc(Cl)c1NC(=O)c1cncs1. The number of rotatable bonds is 2. The van der Waals surface area contributed by atoms with Gasteiger partial charge in [-0.25, -0.2) is 0 Å². The van der Waals surface area contributed by atoms with E-state index in [0.717, 1.165) is 0 Å². The van der Waals surface area contributed by atoms with Gasteiger partial charge in [0.2, 0.25) is 0 Å². The number of nitrogen functional groups attached to an aromatic ring is 1. The first kappa shape index (κ1) is 10.9. The number of amides is 1. The van der Waals surface area contributed by atoms with E-state index in [9.17, 15) is 4.79 Å². The van der Waals surface area contributed by atoms with Gasteiger partial charge in [-0.05, 0) is 12.1 Å². The van der Waals surface area contributed by atoms with Crippen LogP contribution in [0.2, 0.25) is 5.02 Å². The van der Waals surface area contributed by atoms with E-state index >= 15 is 0 Å². The zero-order chi connectivity index (χ0) is 11.5. The highest BCUT2D eigenvalue weighted by Gasteiger charge is 2.11. The summed E-state index contributed by atoms with van der Waals surface area (Å²) in [6, 6.07) is 5.06. The molecule has 2 rings (SSSR count). The second kappa shape index (κ2) is 4.51. The molecule has 0 aliphatic rings. The maximum absolute atomic E-state index is 11.7. The molecule has 4 nitrogen and oxygen atoms in total. The minimum absolute atomic E-state index is 0.262. The van der Waals surface area contributed by atoms with Crippen LogP contribution >= 0.6 is 22.9 Å². The van der Waals surface area contributed by atoms with Crippen molar-refractivity contribution in [3.63, 3.8) is 0 Å². The van der Waals surface area contributed by atoms with E-state index in [4.69, 9.17) is 17.3 Å². The number of hydrogen-bond acceptors (Lipinski definition) is 4. The standard InChI is InChI=1S/C10H8ClN3OS/c11-6-2-1-3-7(12)9(6)14-10(15)8-4-13-5-16-8/h1-5H,12H2,(H,14,15). The molecule has 1 aromatic heterocycles. The summed E-state index contributed by atoms with van der Waals surface area (Å²) in [5.74, 6) is -0.262. The maximum atomic E-state index is 11.7. The normalized spacial score (nSPS) is 10.1. The molecule has 0 atom stereocenters. The predicted octanol–water partition coefficient (Wildman–Crippen LogP) is 2.63. The molecule has 0 bridgehead atoms. The second-order valence-corrected chi connectivity index (χ2v) is 4.32. The van der Waals surface area contributed by atoms with Gasteiger partial charge in [-0.1, -0.05) is 17.7 Å². The Labute approximate surface area is 101 Å². The molecule has 16 heavy (non-hydrogen) atoms. The van der Waals surface area contributed by atoms with E-state index in [1.807, 2.05) is 0 Å². The third-order valence-corrected chi connectivity index (χ3v) is 3.03. The van der Waals surface area contributed by atoms with Crippen LogP contribution in [0.4, 0.5) is 11.4 Å². The van der Waals surface area contributed by atoms with Gasteiger partial charge in [-0.15, -0.1) is 11.3 Å². The topological polar surface area (TPSA) is 68.0 Å². The first-order valence-corrected chi connectivity index (χ1v) is 5.68. The van der Waals surface area contributed by atoms with E-state index in [0.29, 0.717) is 21.3 Å². The van der Waals surface area contributed by atoms with Crippen molar-refractivity contribution >= 4 is 40.2 Å². The Hall–Kier alpha value is -1.59. The molecule has 6 heteroatoms. The molecular weight excluding hydrogens is 246 g/mol. The van der Waals surface area contributed by atoms with Crippen molar-refractivity contribution in [1.29, 1.82) is 0 Å². The Balaban J connectivity index is 2.25. The molecule has 0 saturated heterocycles. The molecule has 0 aliphatic carbocycles. The molecule has 0 radical (unpaired) electrons. The first-order chi connectivity index (χ1) is 7.68. The molecule has 1 heterocycles. The smallest absolute Gasteiger partial charge is 0.267 e. The predicted molar refractivity (Wildman–Crippen MR) is 65.9 cm³/mol. The van der Waals surface area contributed by atoms with Crippen LogP contribution in [0.15, 0.2) is 29.9 Å². The average Bonchev–Trinajstić information content (AvgIpc) is 2.76. The summed E-state index contributed by atoms with van der Waals surface area (Å²) in [5, 5.41) is 3.07. The molecule has 0 saturated carbocycles.